The van der Waals surface area contributed by atoms with Crippen molar-refractivity contribution in [2.45, 2.75) is 44.0 Å². The van der Waals surface area contributed by atoms with Crippen LogP contribution < -0.4 is 22.3 Å². The van der Waals surface area contributed by atoms with Crippen LogP contribution in [0.3, 0.4) is 0 Å². The molecule has 0 fully saturated rings. The summed E-state index contributed by atoms with van der Waals surface area (Å²) in [5, 5.41) is 5.53. The van der Waals surface area contributed by atoms with Crippen molar-refractivity contribution in [2.24, 2.45) is 11.6 Å². The number of alkyl halides is 3. The second kappa shape index (κ2) is 13.0. The number of carbonyl (C=O) groups excluding carboxylic acids is 2. The molecule has 1 aromatic heterocycles. The lowest BCUT2D eigenvalue weighted by molar-refractivity contribution is -0.228. The number of benzene rings is 1. The monoisotopic (exact) mass is 516 g/mol. The highest BCUT2D eigenvalue weighted by molar-refractivity contribution is 7.14. The number of hydrogen-bond acceptors (Lipinski definition) is 7. The second-order valence-corrected chi connectivity index (χ2v) is 9.41. The van der Waals surface area contributed by atoms with Crippen LogP contribution in [0.5, 0.6) is 0 Å². The molecule has 0 saturated heterocycles. The van der Waals surface area contributed by atoms with Gasteiger partial charge >= 0.3 is 6.18 Å². The summed E-state index contributed by atoms with van der Waals surface area (Å²) < 4.78 is 44.2. The van der Waals surface area contributed by atoms with Crippen LogP contribution in [0.25, 0.3) is 0 Å². The molecular formula is C23H31F3N4O4S. The Morgan fingerprint density at radius 3 is 2.34 bits per heavy atom. The summed E-state index contributed by atoms with van der Waals surface area (Å²) >= 11 is 0.843. The number of rotatable bonds is 13. The van der Waals surface area contributed by atoms with E-state index in [-0.39, 0.29) is 15.7 Å². The first-order valence-electron chi connectivity index (χ1n) is 11.0. The summed E-state index contributed by atoms with van der Waals surface area (Å²) in [7, 11) is 0. The van der Waals surface area contributed by atoms with Crippen molar-refractivity contribution in [2.75, 3.05) is 26.3 Å². The van der Waals surface area contributed by atoms with Gasteiger partial charge in [0.2, 0.25) is 5.91 Å². The Kier molecular flexibility index (Phi) is 10.7. The Hall–Kier alpha value is -2.51. The highest BCUT2D eigenvalue weighted by atomic mass is 32.1. The average Bonchev–Trinajstić information content (AvgIpc) is 3.31. The maximum Gasteiger partial charge on any atom is 0.418 e. The maximum atomic E-state index is 12.9. The van der Waals surface area contributed by atoms with Gasteiger partial charge in [-0.1, -0.05) is 30.3 Å². The van der Waals surface area contributed by atoms with Gasteiger partial charge in [-0.15, -0.1) is 11.3 Å². The van der Waals surface area contributed by atoms with Gasteiger partial charge in [-0.3, -0.25) is 14.4 Å². The molecule has 0 aliphatic heterocycles. The molecular weight excluding hydrogens is 485 g/mol. The molecule has 1 unspecified atom stereocenters. The summed E-state index contributed by atoms with van der Waals surface area (Å²) in [6, 6.07) is 10.7. The summed E-state index contributed by atoms with van der Waals surface area (Å²) in [6.45, 7) is 5.05. The van der Waals surface area contributed by atoms with Gasteiger partial charge < -0.3 is 21.1 Å². The quantitative estimate of drug-likeness (QED) is 0.239. The molecule has 2 amide bonds. The molecule has 0 aliphatic rings. The van der Waals surface area contributed by atoms with Gasteiger partial charge in [0.05, 0.1) is 22.9 Å². The van der Waals surface area contributed by atoms with Crippen LogP contribution in [-0.2, 0) is 19.8 Å². The first-order valence-corrected chi connectivity index (χ1v) is 11.8. The molecule has 12 heteroatoms. The van der Waals surface area contributed by atoms with Gasteiger partial charge in [-0.2, -0.15) is 13.2 Å². The van der Waals surface area contributed by atoms with Gasteiger partial charge in [0.15, 0.2) is 6.10 Å². The van der Waals surface area contributed by atoms with Crippen LogP contribution in [0, 0.1) is 0 Å². The van der Waals surface area contributed by atoms with Crippen molar-refractivity contribution in [3.63, 3.8) is 0 Å². The Morgan fingerprint density at radius 2 is 1.71 bits per heavy atom. The molecule has 0 radical (unpaired) electrons. The Bertz CT molecular complexity index is 954. The third-order valence-electron chi connectivity index (χ3n) is 5.32. The predicted molar refractivity (Wildman–Crippen MR) is 127 cm³/mol. The second-order valence-electron chi connectivity index (χ2n) is 8.29. The van der Waals surface area contributed by atoms with E-state index in [0.29, 0.717) is 32.7 Å². The lowest BCUT2D eigenvalue weighted by atomic mass is 9.84. The van der Waals surface area contributed by atoms with E-state index in [1.807, 2.05) is 44.2 Å². The van der Waals surface area contributed by atoms with E-state index >= 15 is 0 Å². The zero-order valence-electron chi connectivity index (χ0n) is 19.6. The van der Waals surface area contributed by atoms with Crippen molar-refractivity contribution in [1.29, 1.82) is 0 Å². The van der Waals surface area contributed by atoms with Crippen molar-refractivity contribution >= 4 is 23.2 Å². The number of nitrogens with two attached hydrogens (primary N) is 2. The summed E-state index contributed by atoms with van der Waals surface area (Å²) in [6.07, 6.45) is -6.59. The smallest absolute Gasteiger partial charge is 0.380 e. The first-order chi connectivity index (χ1) is 16.5. The van der Waals surface area contributed by atoms with E-state index in [2.05, 4.69) is 15.5 Å². The lowest BCUT2D eigenvalue weighted by Gasteiger charge is -2.24. The fourth-order valence-corrected chi connectivity index (χ4v) is 4.13. The van der Waals surface area contributed by atoms with Crippen LogP contribution >= 0.6 is 11.3 Å². The number of nitrogens with one attached hydrogen (secondary N) is 2. The van der Waals surface area contributed by atoms with Gasteiger partial charge in [0.25, 0.3) is 5.91 Å². The third kappa shape index (κ3) is 8.29. The fraction of sp³-hybridized carbons (Fsp3) is 0.478. The summed E-state index contributed by atoms with van der Waals surface area (Å²) in [4.78, 5) is 29.0. The SMILES string of the molecule is CC(C)(C(=O)NCCOCCCNC(=O)c1ccc(C(N)[C@@H](ON)C(F)(F)F)s1)c1ccccc1. The molecule has 194 valence electrons. The number of carbonyl (C=O) groups is 2. The van der Waals surface area contributed by atoms with Gasteiger partial charge in [-0.25, -0.2) is 5.90 Å². The van der Waals surface area contributed by atoms with E-state index in [0.717, 1.165) is 16.9 Å². The van der Waals surface area contributed by atoms with E-state index in [9.17, 15) is 22.8 Å². The molecule has 0 saturated carbocycles. The zero-order valence-corrected chi connectivity index (χ0v) is 20.4. The number of thiophene rings is 1. The van der Waals surface area contributed by atoms with Gasteiger partial charge in [0, 0.05) is 24.6 Å². The number of hydrogen-bond donors (Lipinski definition) is 4. The molecule has 35 heavy (non-hydrogen) atoms. The minimum atomic E-state index is -4.73. The normalized spacial score (nSPS) is 13.8. The fourth-order valence-electron chi connectivity index (χ4n) is 3.18. The van der Waals surface area contributed by atoms with E-state index in [1.54, 1.807) is 0 Å². The number of amides is 2. The van der Waals surface area contributed by atoms with Crippen LogP contribution in [0.4, 0.5) is 13.2 Å². The predicted octanol–water partition coefficient (Wildman–Crippen LogP) is 2.80. The topological polar surface area (TPSA) is 129 Å². The maximum absolute atomic E-state index is 12.9. The highest BCUT2D eigenvalue weighted by Crippen LogP contribution is 2.33. The first kappa shape index (κ1) is 28.7. The van der Waals surface area contributed by atoms with Crippen molar-refractivity contribution in [3.8, 4) is 0 Å². The standard InChI is InChI=1S/C23H31F3N4O4S/c1-22(2,15-7-4-3-5-8-15)21(32)30-12-14-33-13-6-11-29-20(31)17-10-9-16(35-17)18(27)19(34-28)23(24,25)26/h3-5,7-10,18-19H,6,11-14,27-28H2,1-2H3,(H,29,31)(H,30,32)/t18?,19-/m1/s1. The van der Waals surface area contributed by atoms with Crippen molar-refractivity contribution in [3.05, 3.63) is 57.8 Å². The average molecular weight is 517 g/mol. The zero-order chi connectivity index (χ0) is 26.1. The Morgan fingerprint density at radius 1 is 1.03 bits per heavy atom. The molecule has 2 rings (SSSR count). The molecule has 8 nitrogen and oxygen atoms in total. The number of halogens is 3. The van der Waals surface area contributed by atoms with E-state index < -0.39 is 29.6 Å². The van der Waals surface area contributed by atoms with Gasteiger partial charge in [0.1, 0.15) is 0 Å². The molecule has 1 heterocycles. The highest BCUT2D eigenvalue weighted by Gasteiger charge is 2.45. The molecule has 0 aliphatic carbocycles. The molecule has 2 atom stereocenters. The van der Waals surface area contributed by atoms with Crippen LogP contribution in [0.2, 0.25) is 0 Å². The minimum absolute atomic E-state index is 0.103. The Balaban J connectivity index is 1.65. The Labute approximate surface area is 206 Å². The van der Waals surface area contributed by atoms with Crippen molar-refractivity contribution < 1.29 is 32.3 Å². The van der Waals surface area contributed by atoms with E-state index in [4.69, 9.17) is 16.4 Å². The minimum Gasteiger partial charge on any atom is -0.380 e. The molecule has 0 spiro atoms. The van der Waals surface area contributed by atoms with Crippen molar-refractivity contribution in [1.82, 2.24) is 10.6 Å². The molecule has 1 aromatic carbocycles. The number of ether oxygens (including phenoxy) is 1. The summed E-state index contributed by atoms with van der Waals surface area (Å²) in [5.74, 6) is 4.21. The van der Waals surface area contributed by atoms with Crippen LogP contribution in [-0.4, -0.2) is 50.4 Å². The lowest BCUT2D eigenvalue weighted by Crippen LogP contribution is -2.42. The van der Waals surface area contributed by atoms with Crippen LogP contribution in [0.1, 0.15) is 46.4 Å². The third-order valence-corrected chi connectivity index (χ3v) is 6.51. The van der Waals surface area contributed by atoms with E-state index in [1.165, 1.54) is 12.1 Å². The van der Waals surface area contributed by atoms with Gasteiger partial charge in [-0.05, 0) is 38.0 Å². The largest absolute Gasteiger partial charge is 0.418 e. The molecule has 2 aromatic rings. The molecule has 0 bridgehead atoms. The molecule has 6 N–H and O–H groups in total. The summed E-state index contributed by atoms with van der Waals surface area (Å²) in [5.41, 5.74) is 5.87. The van der Waals surface area contributed by atoms with Crippen LogP contribution in [0.15, 0.2) is 42.5 Å².